The molecular weight excluding hydrogens is 264 g/mol. The number of carbonyl (C=O) groups is 1. The van der Waals surface area contributed by atoms with Crippen molar-refractivity contribution in [1.82, 2.24) is 15.1 Å². The number of aromatic nitrogens is 2. The van der Waals surface area contributed by atoms with E-state index in [2.05, 4.69) is 15.7 Å². The van der Waals surface area contributed by atoms with Gasteiger partial charge in [0.1, 0.15) is 0 Å². The van der Waals surface area contributed by atoms with E-state index in [0.717, 1.165) is 16.9 Å². The van der Waals surface area contributed by atoms with E-state index in [-0.39, 0.29) is 11.9 Å². The number of benzene rings is 1. The molecular formula is C16H22N4O. The molecule has 0 fully saturated rings. The predicted octanol–water partition coefficient (Wildman–Crippen LogP) is 2.15. The minimum atomic E-state index is -0.272. The molecule has 5 heteroatoms. The van der Waals surface area contributed by atoms with E-state index >= 15 is 0 Å². The predicted molar refractivity (Wildman–Crippen MR) is 84.1 cm³/mol. The molecule has 2 N–H and O–H groups in total. The summed E-state index contributed by atoms with van der Waals surface area (Å²) in [5.41, 5.74) is 4.20. The van der Waals surface area contributed by atoms with Crippen molar-refractivity contribution in [1.29, 1.82) is 0 Å². The lowest BCUT2D eigenvalue weighted by Gasteiger charge is -2.14. The van der Waals surface area contributed by atoms with Gasteiger partial charge in [0.25, 0.3) is 0 Å². The third-order valence-electron chi connectivity index (χ3n) is 3.65. The Morgan fingerprint density at radius 1 is 1.29 bits per heavy atom. The highest BCUT2D eigenvalue weighted by atomic mass is 16.2. The van der Waals surface area contributed by atoms with Crippen LogP contribution in [0.3, 0.4) is 0 Å². The largest absolute Gasteiger partial charge is 0.325 e. The minimum absolute atomic E-state index is 0.0413. The van der Waals surface area contributed by atoms with Gasteiger partial charge in [-0.1, -0.05) is 17.7 Å². The summed E-state index contributed by atoms with van der Waals surface area (Å²) in [4.78, 5) is 12.1. The third-order valence-corrected chi connectivity index (χ3v) is 3.65. The molecule has 1 amide bonds. The number of nitrogens with one attached hydrogen (secondary N) is 2. The van der Waals surface area contributed by atoms with Gasteiger partial charge in [-0.3, -0.25) is 9.48 Å². The number of rotatable bonds is 5. The number of aryl methyl sites for hydroxylation is 2. The van der Waals surface area contributed by atoms with E-state index in [9.17, 15) is 4.79 Å². The highest BCUT2D eigenvalue weighted by Crippen LogP contribution is 2.09. The second-order valence-corrected chi connectivity index (χ2v) is 5.34. The van der Waals surface area contributed by atoms with Crippen LogP contribution in [0.15, 0.2) is 30.5 Å². The molecule has 0 aliphatic heterocycles. The van der Waals surface area contributed by atoms with Crippen molar-refractivity contribution >= 4 is 11.6 Å². The van der Waals surface area contributed by atoms with Crippen molar-refractivity contribution in [3.8, 4) is 0 Å². The number of anilines is 1. The first-order valence-electron chi connectivity index (χ1n) is 7.05. The van der Waals surface area contributed by atoms with Gasteiger partial charge in [-0.25, -0.2) is 0 Å². The van der Waals surface area contributed by atoms with Crippen molar-refractivity contribution in [3.05, 3.63) is 47.3 Å². The lowest BCUT2D eigenvalue weighted by molar-refractivity contribution is -0.117. The van der Waals surface area contributed by atoms with Crippen LogP contribution in [0.2, 0.25) is 0 Å². The van der Waals surface area contributed by atoms with Gasteiger partial charge < -0.3 is 10.6 Å². The standard InChI is InChI=1S/C16H22N4O/c1-11-5-7-15(8-6-11)19-16(21)12(2)17-9-14-10-18-20(4)13(14)3/h5-8,10,12,17H,9H2,1-4H3,(H,19,21). The molecule has 0 saturated carbocycles. The molecule has 1 aromatic carbocycles. The Labute approximate surface area is 125 Å². The van der Waals surface area contributed by atoms with Gasteiger partial charge >= 0.3 is 0 Å². The highest BCUT2D eigenvalue weighted by Gasteiger charge is 2.13. The monoisotopic (exact) mass is 286 g/mol. The number of hydrogen-bond donors (Lipinski definition) is 2. The van der Waals surface area contributed by atoms with Crippen LogP contribution in [0.1, 0.15) is 23.7 Å². The van der Waals surface area contributed by atoms with Crippen LogP contribution in [0.25, 0.3) is 0 Å². The second-order valence-electron chi connectivity index (χ2n) is 5.34. The molecule has 0 saturated heterocycles. The van der Waals surface area contributed by atoms with Crippen LogP contribution in [-0.4, -0.2) is 21.7 Å². The zero-order valence-electron chi connectivity index (χ0n) is 13.0. The van der Waals surface area contributed by atoms with E-state index in [1.54, 1.807) is 0 Å². The van der Waals surface area contributed by atoms with E-state index in [1.165, 1.54) is 5.56 Å². The van der Waals surface area contributed by atoms with Gasteiger partial charge in [0, 0.05) is 30.5 Å². The van der Waals surface area contributed by atoms with Crippen molar-refractivity contribution < 1.29 is 4.79 Å². The molecule has 1 aromatic heterocycles. The fraction of sp³-hybridized carbons (Fsp3) is 0.375. The molecule has 0 aliphatic rings. The molecule has 2 rings (SSSR count). The summed E-state index contributed by atoms with van der Waals surface area (Å²) in [7, 11) is 1.91. The van der Waals surface area contributed by atoms with Crippen LogP contribution >= 0.6 is 0 Å². The topological polar surface area (TPSA) is 59.0 Å². The van der Waals surface area contributed by atoms with Gasteiger partial charge in [0.2, 0.25) is 5.91 Å². The Bertz CT molecular complexity index is 616. The SMILES string of the molecule is Cc1ccc(NC(=O)C(C)NCc2cnn(C)c2C)cc1. The van der Waals surface area contributed by atoms with Crippen molar-refractivity contribution in [2.75, 3.05) is 5.32 Å². The zero-order valence-corrected chi connectivity index (χ0v) is 13.0. The zero-order chi connectivity index (χ0) is 15.4. The summed E-state index contributed by atoms with van der Waals surface area (Å²) < 4.78 is 1.83. The normalized spacial score (nSPS) is 12.2. The molecule has 0 aliphatic carbocycles. The summed E-state index contributed by atoms with van der Waals surface area (Å²) in [6, 6.07) is 7.50. The van der Waals surface area contributed by atoms with E-state index in [0.29, 0.717) is 6.54 Å². The average molecular weight is 286 g/mol. The molecule has 112 valence electrons. The Balaban J connectivity index is 1.88. The lowest BCUT2D eigenvalue weighted by Crippen LogP contribution is -2.37. The van der Waals surface area contributed by atoms with Gasteiger partial charge in [0.05, 0.1) is 12.2 Å². The Morgan fingerprint density at radius 2 is 1.95 bits per heavy atom. The molecule has 0 bridgehead atoms. The molecule has 0 spiro atoms. The van der Waals surface area contributed by atoms with E-state index in [1.807, 2.05) is 63.0 Å². The van der Waals surface area contributed by atoms with Crippen molar-refractivity contribution in [3.63, 3.8) is 0 Å². The fourth-order valence-electron chi connectivity index (χ4n) is 1.96. The maximum Gasteiger partial charge on any atom is 0.241 e. The van der Waals surface area contributed by atoms with Crippen LogP contribution in [0.4, 0.5) is 5.69 Å². The first-order valence-corrected chi connectivity index (χ1v) is 7.05. The number of hydrogen-bond acceptors (Lipinski definition) is 3. The third kappa shape index (κ3) is 3.92. The Morgan fingerprint density at radius 3 is 2.52 bits per heavy atom. The van der Waals surface area contributed by atoms with E-state index in [4.69, 9.17) is 0 Å². The van der Waals surface area contributed by atoms with Gasteiger partial charge in [-0.15, -0.1) is 0 Å². The number of amides is 1. The number of nitrogens with zero attached hydrogens (tertiary/aromatic N) is 2. The highest BCUT2D eigenvalue weighted by molar-refractivity contribution is 5.94. The van der Waals surface area contributed by atoms with Gasteiger partial charge in [-0.05, 0) is 32.9 Å². The van der Waals surface area contributed by atoms with E-state index < -0.39 is 0 Å². The average Bonchev–Trinajstić information content (AvgIpc) is 2.78. The Hall–Kier alpha value is -2.14. The van der Waals surface area contributed by atoms with Crippen LogP contribution in [-0.2, 0) is 18.4 Å². The minimum Gasteiger partial charge on any atom is -0.325 e. The maximum atomic E-state index is 12.1. The summed E-state index contributed by atoms with van der Waals surface area (Å²) in [6.07, 6.45) is 1.83. The smallest absolute Gasteiger partial charge is 0.241 e. The van der Waals surface area contributed by atoms with Crippen LogP contribution in [0.5, 0.6) is 0 Å². The van der Waals surface area contributed by atoms with Crippen molar-refractivity contribution in [2.45, 2.75) is 33.4 Å². The number of carbonyl (C=O) groups excluding carboxylic acids is 1. The first kappa shape index (κ1) is 15.3. The first-order chi connectivity index (χ1) is 9.97. The fourth-order valence-corrected chi connectivity index (χ4v) is 1.96. The summed E-state index contributed by atoms with van der Waals surface area (Å²) in [5, 5.41) is 10.3. The molecule has 1 unspecified atom stereocenters. The Kier molecular flexibility index (Phi) is 4.75. The lowest BCUT2D eigenvalue weighted by atomic mass is 10.2. The molecule has 1 atom stereocenters. The van der Waals surface area contributed by atoms with Crippen LogP contribution in [0, 0.1) is 13.8 Å². The molecule has 2 aromatic rings. The van der Waals surface area contributed by atoms with Gasteiger partial charge in [0.15, 0.2) is 0 Å². The van der Waals surface area contributed by atoms with Crippen molar-refractivity contribution in [2.24, 2.45) is 7.05 Å². The summed E-state index contributed by atoms with van der Waals surface area (Å²) >= 11 is 0. The second kappa shape index (κ2) is 6.54. The van der Waals surface area contributed by atoms with Crippen LogP contribution < -0.4 is 10.6 Å². The molecule has 0 radical (unpaired) electrons. The quantitative estimate of drug-likeness (QED) is 0.885. The molecule has 21 heavy (non-hydrogen) atoms. The summed E-state index contributed by atoms with van der Waals surface area (Å²) in [5.74, 6) is -0.0413. The summed E-state index contributed by atoms with van der Waals surface area (Å²) in [6.45, 7) is 6.52. The molecule has 1 heterocycles. The maximum absolute atomic E-state index is 12.1. The molecule has 5 nitrogen and oxygen atoms in total. The van der Waals surface area contributed by atoms with Gasteiger partial charge in [-0.2, -0.15) is 5.10 Å².